The average molecular weight is 429 g/mol. The zero-order valence-electron chi connectivity index (χ0n) is 17.5. The Labute approximate surface area is 183 Å². The number of hydrogen-bond donors (Lipinski definition) is 2. The van der Waals surface area contributed by atoms with E-state index in [1.165, 1.54) is 12.1 Å². The molecule has 0 aromatic heterocycles. The summed E-state index contributed by atoms with van der Waals surface area (Å²) in [6.07, 6.45) is 1.83. The first-order chi connectivity index (χ1) is 14.5. The Hall–Kier alpha value is -2.67. The Balaban J connectivity index is 1.57. The fourth-order valence-corrected chi connectivity index (χ4v) is 4.05. The Morgan fingerprint density at radius 1 is 1.10 bits per heavy atom. The summed E-state index contributed by atoms with van der Waals surface area (Å²) >= 11 is 5.40. The molecule has 2 aromatic carbocycles. The van der Waals surface area contributed by atoms with E-state index in [2.05, 4.69) is 15.5 Å². The minimum Gasteiger partial charge on any atom is -0.371 e. The number of carbonyl (C=O) groups is 1. The van der Waals surface area contributed by atoms with Crippen molar-refractivity contribution < 1.29 is 9.18 Å². The molecule has 1 saturated heterocycles. The van der Waals surface area contributed by atoms with Gasteiger partial charge in [0, 0.05) is 43.6 Å². The van der Waals surface area contributed by atoms with E-state index < -0.39 is 0 Å². The van der Waals surface area contributed by atoms with Gasteiger partial charge in [-0.25, -0.2) is 4.39 Å². The van der Waals surface area contributed by atoms with Crippen LogP contribution in [0.4, 0.5) is 15.8 Å². The van der Waals surface area contributed by atoms with Crippen molar-refractivity contribution in [1.82, 2.24) is 10.2 Å². The summed E-state index contributed by atoms with van der Waals surface area (Å²) in [5, 5.41) is 6.99. The Kier molecular flexibility index (Phi) is 7.63. The minimum atomic E-state index is -0.272. The highest BCUT2D eigenvalue weighted by Gasteiger charge is 2.24. The van der Waals surface area contributed by atoms with Crippen LogP contribution in [0.5, 0.6) is 0 Å². The van der Waals surface area contributed by atoms with Crippen LogP contribution in [0, 0.1) is 5.82 Å². The molecule has 1 fully saturated rings. The molecule has 3 rings (SSSR count). The van der Waals surface area contributed by atoms with E-state index in [1.807, 2.05) is 43.0 Å². The minimum absolute atomic E-state index is 0.0838. The highest BCUT2D eigenvalue weighted by atomic mass is 32.1. The molecule has 2 N–H and O–H groups in total. The standard InChI is InChI=1S/C23H29FN4OS/c1-3-27(4-2)22(29)20-7-5-6-8-21(20)28-15-13-19(14-16-28)26-23(30)25-18-11-9-17(24)10-12-18/h5-12,19H,3-4,13-16H2,1-2H3,(H2,25,26,30). The Bertz CT molecular complexity index is 862. The molecule has 160 valence electrons. The van der Waals surface area contributed by atoms with Gasteiger partial charge in [-0.15, -0.1) is 0 Å². The van der Waals surface area contributed by atoms with E-state index in [4.69, 9.17) is 12.2 Å². The molecular formula is C23H29FN4OS. The van der Waals surface area contributed by atoms with Crippen molar-refractivity contribution in [2.24, 2.45) is 0 Å². The number of anilines is 2. The largest absolute Gasteiger partial charge is 0.371 e. The number of rotatable bonds is 6. The second-order valence-electron chi connectivity index (χ2n) is 7.36. The van der Waals surface area contributed by atoms with Crippen molar-refractivity contribution in [3.8, 4) is 0 Å². The van der Waals surface area contributed by atoms with Gasteiger partial charge in [0.25, 0.3) is 5.91 Å². The number of amides is 1. The van der Waals surface area contributed by atoms with Crippen molar-refractivity contribution in [2.45, 2.75) is 32.7 Å². The third kappa shape index (κ3) is 5.48. The number of thiocarbonyl (C=S) groups is 1. The van der Waals surface area contributed by atoms with Gasteiger partial charge >= 0.3 is 0 Å². The number of benzene rings is 2. The quantitative estimate of drug-likeness (QED) is 0.673. The van der Waals surface area contributed by atoms with E-state index in [-0.39, 0.29) is 17.8 Å². The van der Waals surface area contributed by atoms with Gasteiger partial charge in [0.1, 0.15) is 5.82 Å². The van der Waals surface area contributed by atoms with Crippen LogP contribution in [0.1, 0.15) is 37.0 Å². The predicted octanol–water partition coefficient (Wildman–Crippen LogP) is 4.26. The average Bonchev–Trinajstić information content (AvgIpc) is 2.76. The monoisotopic (exact) mass is 428 g/mol. The number of carbonyl (C=O) groups excluding carboxylic acids is 1. The first-order valence-corrected chi connectivity index (χ1v) is 10.9. The van der Waals surface area contributed by atoms with Gasteiger partial charge in [-0.2, -0.15) is 0 Å². The summed E-state index contributed by atoms with van der Waals surface area (Å²) in [7, 11) is 0. The molecule has 0 radical (unpaired) electrons. The molecule has 0 saturated carbocycles. The van der Waals surface area contributed by atoms with Crippen LogP contribution in [0.15, 0.2) is 48.5 Å². The first-order valence-electron chi connectivity index (χ1n) is 10.5. The molecule has 5 nitrogen and oxygen atoms in total. The molecule has 0 spiro atoms. The molecule has 1 aliphatic heterocycles. The lowest BCUT2D eigenvalue weighted by atomic mass is 10.0. The van der Waals surface area contributed by atoms with Crippen molar-refractivity contribution in [3.05, 3.63) is 59.9 Å². The lowest BCUT2D eigenvalue weighted by molar-refractivity contribution is 0.0773. The summed E-state index contributed by atoms with van der Waals surface area (Å²) < 4.78 is 13.0. The molecule has 1 amide bonds. The van der Waals surface area contributed by atoms with Crippen LogP contribution < -0.4 is 15.5 Å². The van der Waals surface area contributed by atoms with Gasteiger partial charge in [0.15, 0.2) is 5.11 Å². The third-order valence-electron chi connectivity index (χ3n) is 5.46. The Morgan fingerprint density at radius 3 is 2.37 bits per heavy atom. The fourth-order valence-electron chi connectivity index (χ4n) is 3.76. The van der Waals surface area contributed by atoms with Crippen LogP contribution in [0.3, 0.4) is 0 Å². The smallest absolute Gasteiger partial charge is 0.255 e. The highest BCUT2D eigenvalue weighted by Crippen LogP contribution is 2.25. The summed E-state index contributed by atoms with van der Waals surface area (Å²) in [6.45, 7) is 7.11. The second-order valence-corrected chi connectivity index (χ2v) is 7.77. The zero-order valence-corrected chi connectivity index (χ0v) is 18.3. The van der Waals surface area contributed by atoms with E-state index >= 15 is 0 Å². The predicted molar refractivity (Wildman–Crippen MR) is 125 cm³/mol. The summed E-state index contributed by atoms with van der Waals surface area (Å²) in [5.74, 6) is -0.188. The number of nitrogens with zero attached hydrogens (tertiary/aromatic N) is 2. The number of hydrogen-bond acceptors (Lipinski definition) is 3. The van der Waals surface area contributed by atoms with Crippen LogP contribution >= 0.6 is 12.2 Å². The molecule has 1 aliphatic rings. The van der Waals surface area contributed by atoms with Crippen molar-refractivity contribution in [2.75, 3.05) is 36.4 Å². The molecular weight excluding hydrogens is 399 g/mol. The second kappa shape index (κ2) is 10.4. The number of halogens is 1. The van der Waals surface area contributed by atoms with Crippen molar-refractivity contribution >= 4 is 34.6 Å². The summed E-state index contributed by atoms with van der Waals surface area (Å²) in [5.41, 5.74) is 2.52. The molecule has 2 aromatic rings. The highest BCUT2D eigenvalue weighted by molar-refractivity contribution is 7.80. The van der Waals surface area contributed by atoms with Crippen LogP contribution in [-0.4, -0.2) is 48.1 Å². The maximum Gasteiger partial charge on any atom is 0.255 e. The summed E-state index contributed by atoms with van der Waals surface area (Å²) in [4.78, 5) is 17.0. The van der Waals surface area contributed by atoms with Crippen LogP contribution in [-0.2, 0) is 0 Å². The van der Waals surface area contributed by atoms with Gasteiger partial charge in [0.2, 0.25) is 0 Å². The van der Waals surface area contributed by atoms with Gasteiger partial charge in [-0.1, -0.05) is 12.1 Å². The topological polar surface area (TPSA) is 47.6 Å². The van der Waals surface area contributed by atoms with Crippen molar-refractivity contribution in [3.63, 3.8) is 0 Å². The van der Waals surface area contributed by atoms with Crippen LogP contribution in [0.25, 0.3) is 0 Å². The summed E-state index contributed by atoms with van der Waals surface area (Å²) in [6, 6.07) is 14.3. The lowest BCUT2D eigenvalue weighted by Crippen LogP contribution is -2.46. The fraction of sp³-hybridized carbons (Fsp3) is 0.391. The maximum atomic E-state index is 13.0. The van der Waals surface area contributed by atoms with E-state index in [0.29, 0.717) is 18.2 Å². The van der Waals surface area contributed by atoms with Crippen molar-refractivity contribution in [1.29, 1.82) is 0 Å². The molecule has 30 heavy (non-hydrogen) atoms. The zero-order chi connectivity index (χ0) is 21.5. The van der Waals surface area contributed by atoms with Gasteiger partial charge in [-0.05, 0) is 75.3 Å². The molecule has 0 unspecified atom stereocenters. The van der Waals surface area contributed by atoms with E-state index in [1.54, 1.807) is 12.1 Å². The number of para-hydroxylation sites is 1. The van der Waals surface area contributed by atoms with E-state index in [9.17, 15) is 9.18 Å². The third-order valence-corrected chi connectivity index (χ3v) is 5.68. The van der Waals surface area contributed by atoms with Gasteiger partial charge in [-0.3, -0.25) is 4.79 Å². The molecule has 0 aliphatic carbocycles. The molecule has 0 bridgehead atoms. The van der Waals surface area contributed by atoms with Crippen LogP contribution in [0.2, 0.25) is 0 Å². The SMILES string of the molecule is CCN(CC)C(=O)c1ccccc1N1CCC(NC(=S)Nc2ccc(F)cc2)CC1. The molecule has 7 heteroatoms. The normalized spacial score (nSPS) is 14.3. The first kappa shape index (κ1) is 22.0. The van der Waals surface area contributed by atoms with E-state index in [0.717, 1.165) is 42.9 Å². The van der Waals surface area contributed by atoms with Gasteiger partial charge < -0.3 is 20.4 Å². The number of nitrogens with one attached hydrogen (secondary N) is 2. The number of piperidine rings is 1. The Morgan fingerprint density at radius 2 is 1.73 bits per heavy atom. The molecule has 1 heterocycles. The maximum absolute atomic E-state index is 13.0. The lowest BCUT2D eigenvalue weighted by Gasteiger charge is -2.35. The molecule has 0 atom stereocenters. The van der Waals surface area contributed by atoms with Gasteiger partial charge in [0.05, 0.1) is 5.56 Å².